The number of aromatic nitrogens is 2. The van der Waals surface area contributed by atoms with Crippen molar-refractivity contribution in [2.45, 2.75) is 13.8 Å². The molecule has 5 heteroatoms. The van der Waals surface area contributed by atoms with E-state index >= 15 is 0 Å². The van der Waals surface area contributed by atoms with Crippen LogP contribution in [0.3, 0.4) is 0 Å². The molecule has 0 saturated carbocycles. The van der Waals surface area contributed by atoms with Crippen molar-refractivity contribution < 1.29 is 9.47 Å². The molecule has 0 bridgehead atoms. The van der Waals surface area contributed by atoms with Crippen molar-refractivity contribution >= 4 is 5.82 Å². The van der Waals surface area contributed by atoms with E-state index in [9.17, 15) is 0 Å². The number of aryl methyl sites for hydroxylation is 2. The fraction of sp³-hybridized carbons (Fsp3) is 0.333. The molecule has 0 unspecified atom stereocenters. The highest BCUT2D eigenvalue weighted by Gasteiger charge is 2.19. The molecule has 2 aromatic rings. The van der Waals surface area contributed by atoms with Crippen LogP contribution in [0.2, 0.25) is 0 Å². The number of nitrogens with one attached hydrogen (secondary N) is 1. The maximum absolute atomic E-state index is 5.44. The van der Waals surface area contributed by atoms with Gasteiger partial charge in [0.2, 0.25) is 0 Å². The molecule has 20 heavy (non-hydrogen) atoms. The Morgan fingerprint density at radius 1 is 0.950 bits per heavy atom. The van der Waals surface area contributed by atoms with E-state index in [2.05, 4.69) is 15.3 Å². The number of hydrogen-bond donors (Lipinski definition) is 1. The van der Waals surface area contributed by atoms with E-state index in [0.29, 0.717) is 17.3 Å². The second kappa shape index (κ2) is 5.77. The van der Waals surface area contributed by atoms with Crippen molar-refractivity contribution in [2.75, 3.05) is 26.6 Å². The van der Waals surface area contributed by atoms with E-state index in [1.54, 1.807) is 14.2 Å². The smallest absolute Gasteiger partial charge is 0.152 e. The SMILES string of the molecule is CNc1nc(C)c(C)nc1-c1c(OC)cccc1OC. The highest BCUT2D eigenvalue weighted by molar-refractivity contribution is 5.81. The van der Waals surface area contributed by atoms with Crippen molar-refractivity contribution in [3.05, 3.63) is 29.6 Å². The van der Waals surface area contributed by atoms with E-state index in [-0.39, 0.29) is 0 Å². The summed E-state index contributed by atoms with van der Waals surface area (Å²) in [5.74, 6) is 2.12. The van der Waals surface area contributed by atoms with Crippen molar-refractivity contribution in [1.29, 1.82) is 0 Å². The first-order chi connectivity index (χ1) is 9.62. The molecule has 1 aromatic heterocycles. The van der Waals surface area contributed by atoms with Gasteiger partial charge in [0.25, 0.3) is 0 Å². The first-order valence-corrected chi connectivity index (χ1v) is 6.36. The lowest BCUT2D eigenvalue weighted by molar-refractivity contribution is 0.397. The third-order valence-electron chi connectivity index (χ3n) is 3.21. The van der Waals surface area contributed by atoms with Gasteiger partial charge in [-0.3, -0.25) is 0 Å². The summed E-state index contributed by atoms with van der Waals surface area (Å²) >= 11 is 0. The molecule has 2 rings (SSSR count). The maximum atomic E-state index is 5.44. The highest BCUT2D eigenvalue weighted by atomic mass is 16.5. The third-order valence-corrected chi connectivity index (χ3v) is 3.21. The van der Waals surface area contributed by atoms with Gasteiger partial charge < -0.3 is 14.8 Å². The predicted molar refractivity (Wildman–Crippen MR) is 79.6 cm³/mol. The molecular weight excluding hydrogens is 254 g/mol. The van der Waals surface area contributed by atoms with Gasteiger partial charge in [0.05, 0.1) is 31.2 Å². The highest BCUT2D eigenvalue weighted by Crippen LogP contribution is 2.40. The number of ether oxygens (including phenoxy) is 2. The predicted octanol–water partition coefficient (Wildman–Crippen LogP) is 2.82. The van der Waals surface area contributed by atoms with Crippen LogP contribution in [0, 0.1) is 13.8 Å². The maximum Gasteiger partial charge on any atom is 0.152 e. The zero-order chi connectivity index (χ0) is 14.7. The number of methoxy groups -OCH3 is 2. The summed E-state index contributed by atoms with van der Waals surface area (Å²) in [6.45, 7) is 3.87. The molecule has 1 aromatic carbocycles. The fourth-order valence-corrected chi connectivity index (χ4v) is 2.04. The molecule has 106 valence electrons. The summed E-state index contributed by atoms with van der Waals surface area (Å²) in [7, 11) is 5.09. The Kier molecular flexibility index (Phi) is 4.08. The number of hydrogen-bond acceptors (Lipinski definition) is 5. The fourth-order valence-electron chi connectivity index (χ4n) is 2.04. The summed E-state index contributed by atoms with van der Waals surface area (Å²) in [6, 6.07) is 5.65. The lowest BCUT2D eigenvalue weighted by atomic mass is 10.1. The van der Waals surface area contributed by atoms with E-state index < -0.39 is 0 Å². The molecule has 0 atom stereocenters. The number of benzene rings is 1. The van der Waals surface area contributed by atoms with Crippen LogP contribution < -0.4 is 14.8 Å². The Morgan fingerprint density at radius 2 is 1.50 bits per heavy atom. The van der Waals surface area contributed by atoms with Gasteiger partial charge in [-0.1, -0.05) is 6.07 Å². The Morgan fingerprint density at radius 3 is 2.00 bits per heavy atom. The van der Waals surface area contributed by atoms with Crippen molar-refractivity contribution in [3.63, 3.8) is 0 Å². The number of anilines is 1. The molecular formula is C15H19N3O2. The van der Waals surface area contributed by atoms with Gasteiger partial charge in [-0.25, -0.2) is 9.97 Å². The average molecular weight is 273 g/mol. The Bertz CT molecular complexity index is 605. The molecule has 0 aliphatic carbocycles. The van der Waals surface area contributed by atoms with Crippen LogP contribution in [0.4, 0.5) is 5.82 Å². The summed E-state index contributed by atoms with van der Waals surface area (Å²) in [5.41, 5.74) is 3.31. The van der Waals surface area contributed by atoms with Crippen molar-refractivity contribution in [3.8, 4) is 22.8 Å². The third kappa shape index (κ3) is 2.39. The van der Waals surface area contributed by atoms with Gasteiger partial charge in [-0.05, 0) is 26.0 Å². The van der Waals surface area contributed by atoms with Crippen LogP contribution in [0.15, 0.2) is 18.2 Å². The topological polar surface area (TPSA) is 56.3 Å². The van der Waals surface area contributed by atoms with E-state index in [0.717, 1.165) is 22.6 Å². The van der Waals surface area contributed by atoms with Gasteiger partial charge in [0, 0.05) is 7.05 Å². The van der Waals surface area contributed by atoms with Crippen LogP contribution in [0.1, 0.15) is 11.4 Å². The molecule has 0 aliphatic rings. The van der Waals surface area contributed by atoms with Crippen LogP contribution in [0.5, 0.6) is 11.5 Å². The second-order valence-electron chi connectivity index (χ2n) is 4.38. The molecule has 0 radical (unpaired) electrons. The van der Waals surface area contributed by atoms with Gasteiger partial charge in [-0.2, -0.15) is 0 Å². The second-order valence-corrected chi connectivity index (χ2v) is 4.38. The minimum Gasteiger partial charge on any atom is -0.496 e. The molecule has 1 N–H and O–H groups in total. The van der Waals surface area contributed by atoms with Crippen LogP contribution in [-0.4, -0.2) is 31.2 Å². The standard InChI is InChI=1S/C15H19N3O2/c1-9-10(2)18-15(16-3)14(17-9)13-11(19-4)7-6-8-12(13)20-5/h6-8H,1-5H3,(H,16,18). The molecule has 1 heterocycles. The minimum atomic E-state index is 0.705. The van der Waals surface area contributed by atoms with E-state index in [1.165, 1.54) is 0 Å². The number of rotatable bonds is 4. The van der Waals surface area contributed by atoms with Crippen LogP contribution in [-0.2, 0) is 0 Å². The summed E-state index contributed by atoms with van der Waals surface area (Å²) < 4.78 is 10.9. The quantitative estimate of drug-likeness (QED) is 0.928. The molecule has 0 saturated heterocycles. The van der Waals surface area contributed by atoms with Crippen LogP contribution >= 0.6 is 0 Å². The van der Waals surface area contributed by atoms with Crippen molar-refractivity contribution in [2.24, 2.45) is 0 Å². The molecule has 5 nitrogen and oxygen atoms in total. The summed E-state index contributed by atoms with van der Waals surface area (Å²) in [6.07, 6.45) is 0. The molecule has 0 amide bonds. The average Bonchev–Trinajstić information content (AvgIpc) is 2.48. The van der Waals surface area contributed by atoms with Gasteiger partial charge in [-0.15, -0.1) is 0 Å². The Balaban J connectivity index is 2.76. The van der Waals surface area contributed by atoms with E-state index in [4.69, 9.17) is 9.47 Å². The minimum absolute atomic E-state index is 0.705. The zero-order valence-electron chi connectivity index (χ0n) is 12.4. The van der Waals surface area contributed by atoms with Crippen LogP contribution in [0.25, 0.3) is 11.3 Å². The summed E-state index contributed by atoms with van der Waals surface area (Å²) in [4.78, 5) is 9.18. The Hall–Kier alpha value is -2.30. The molecule has 0 spiro atoms. The van der Waals surface area contributed by atoms with E-state index in [1.807, 2.05) is 39.1 Å². The van der Waals surface area contributed by atoms with Gasteiger partial charge >= 0.3 is 0 Å². The molecule has 0 fully saturated rings. The first kappa shape index (κ1) is 14.1. The first-order valence-electron chi connectivity index (χ1n) is 6.36. The lowest BCUT2D eigenvalue weighted by Crippen LogP contribution is -2.04. The zero-order valence-corrected chi connectivity index (χ0v) is 12.4. The lowest BCUT2D eigenvalue weighted by Gasteiger charge is -2.16. The molecule has 0 aliphatic heterocycles. The Labute approximate surface area is 119 Å². The van der Waals surface area contributed by atoms with Gasteiger partial charge in [0.1, 0.15) is 17.2 Å². The summed E-state index contributed by atoms with van der Waals surface area (Å²) in [5, 5.41) is 3.08. The van der Waals surface area contributed by atoms with Gasteiger partial charge in [0.15, 0.2) is 5.82 Å². The van der Waals surface area contributed by atoms with Crippen molar-refractivity contribution in [1.82, 2.24) is 9.97 Å². The largest absolute Gasteiger partial charge is 0.496 e. The normalized spacial score (nSPS) is 10.2. The monoisotopic (exact) mass is 273 g/mol. The number of nitrogens with zero attached hydrogens (tertiary/aromatic N) is 2.